The Balaban J connectivity index is 1.56. The molecule has 1 aromatic carbocycles. The fraction of sp³-hybridized carbons (Fsp3) is 0.211. The van der Waals surface area contributed by atoms with Crippen molar-refractivity contribution in [3.8, 4) is 11.1 Å². The van der Waals surface area contributed by atoms with Crippen molar-refractivity contribution in [2.45, 2.75) is 19.5 Å². The molecule has 0 unspecified atom stereocenters. The lowest BCUT2D eigenvalue weighted by Crippen LogP contribution is -2.37. The van der Waals surface area contributed by atoms with Crippen molar-refractivity contribution in [1.82, 2.24) is 25.2 Å². The van der Waals surface area contributed by atoms with Gasteiger partial charge in [-0.05, 0) is 29.7 Å². The molecular formula is C19H21N5O. The molecule has 0 radical (unpaired) electrons. The van der Waals surface area contributed by atoms with E-state index < -0.39 is 0 Å². The zero-order valence-electron chi connectivity index (χ0n) is 14.3. The number of nitrogens with zero attached hydrogens (tertiary/aromatic N) is 3. The van der Waals surface area contributed by atoms with Crippen molar-refractivity contribution < 1.29 is 4.79 Å². The average molecular weight is 335 g/mol. The predicted molar refractivity (Wildman–Crippen MR) is 96.7 cm³/mol. The quantitative estimate of drug-likeness (QED) is 0.753. The highest BCUT2D eigenvalue weighted by molar-refractivity contribution is 5.74. The molecule has 2 N–H and O–H groups in total. The zero-order chi connectivity index (χ0) is 17.6. The number of aromatic nitrogens is 3. The number of carbonyl (C=O) groups excluding carboxylic acids is 1. The van der Waals surface area contributed by atoms with Crippen LogP contribution in [0.25, 0.3) is 11.1 Å². The molecule has 2 heterocycles. The van der Waals surface area contributed by atoms with Crippen LogP contribution in [-0.2, 0) is 13.6 Å². The summed E-state index contributed by atoms with van der Waals surface area (Å²) in [6.45, 7) is 2.35. The van der Waals surface area contributed by atoms with Crippen LogP contribution in [0.3, 0.4) is 0 Å². The summed E-state index contributed by atoms with van der Waals surface area (Å²) in [5, 5.41) is 5.76. The van der Waals surface area contributed by atoms with Gasteiger partial charge in [0.2, 0.25) is 0 Å². The van der Waals surface area contributed by atoms with Crippen LogP contribution in [0.15, 0.2) is 61.2 Å². The normalized spacial score (nSPS) is 11.8. The van der Waals surface area contributed by atoms with Gasteiger partial charge < -0.3 is 15.2 Å². The average Bonchev–Trinajstić information content (AvgIpc) is 3.06. The molecule has 2 amide bonds. The van der Waals surface area contributed by atoms with Crippen molar-refractivity contribution in [1.29, 1.82) is 0 Å². The van der Waals surface area contributed by atoms with Gasteiger partial charge in [0, 0.05) is 31.8 Å². The third-order valence-electron chi connectivity index (χ3n) is 4.08. The van der Waals surface area contributed by atoms with Gasteiger partial charge in [0.15, 0.2) is 0 Å². The molecule has 0 aliphatic rings. The first-order chi connectivity index (χ1) is 12.1. The van der Waals surface area contributed by atoms with Crippen LogP contribution in [0.4, 0.5) is 4.79 Å². The molecule has 0 saturated carbocycles. The Morgan fingerprint density at radius 1 is 1.16 bits per heavy atom. The lowest BCUT2D eigenvalue weighted by molar-refractivity contribution is 0.237. The van der Waals surface area contributed by atoms with Crippen molar-refractivity contribution >= 4 is 6.03 Å². The van der Waals surface area contributed by atoms with Crippen LogP contribution in [-0.4, -0.2) is 20.6 Å². The van der Waals surface area contributed by atoms with E-state index in [1.54, 1.807) is 12.4 Å². The highest BCUT2D eigenvalue weighted by Gasteiger charge is 2.10. The Kier molecular flexibility index (Phi) is 5.09. The molecule has 0 spiro atoms. The molecule has 0 fully saturated rings. The van der Waals surface area contributed by atoms with Gasteiger partial charge in [-0.2, -0.15) is 0 Å². The lowest BCUT2D eigenvalue weighted by Gasteiger charge is -2.15. The summed E-state index contributed by atoms with van der Waals surface area (Å²) in [5.41, 5.74) is 3.21. The zero-order valence-corrected chi connectivity index (χ0v) is 14.3. The summed E-state index contributed by atoms with van der Waals surface area (Å²) < 4.78 is 1.88. The second-order valence-corrected chi connectivity index (χ2v) is 5.87. The summed E-state index contributed by atoms with van der Waals surface area (Å²) in [6, 6.07) is 11.7. The van der Waals surface area contributed by atoms with Crippen molar-refractivity contribution in [2.75, 3.05) is 0 Å². The number of urea groups is 1. The number of nitrogens with one attached hydrogen (secondary N) is 2. The lowest BCUT2D eigenvalue weighted by atomic mass is 10.0. The van der Waals surface area contributed by atoms with Gasteiger partial charge in [-0.25, -0.2) is 9.78 Å². The number of aryl methyl sites for hydroxylation is 1. The molecule has 0 bridgehead atoms. The van der Waals surface area contributed by atoms with Gasteiger partial charge in [0.25, 0.3) is 0 Å². The summed E-state index contributed by atoms with van der Waals surface area (Å²) in [4.78, 5) is 20.4. The Morgan fingerprint density at radius 3 is 2.60 bits per heavy atom. The van der Waals surface area contributed by atoms with E-state index in [0.717, 1.165) is 22.5 Å². The standard InChI is InChI=1S/C19H21N5O/c1-14(23-19(25)22-13-18-21-10-11-24(18)2)15-5-7-16(8-6-15)17-4-3-9-20-12-17/h3-12,14H,13H2,1-2H3,(H2,22,23,25)/t14-/m1/s1. The van der Waals surface area contributed by atoms with Gasteiger partial charge in [0.05, 0.1) is 12.6 Å². The van der Waals surface area contributed by atoms with Gasteiger partial charge >= 0.3 is 6.03 Å². The number of carbonyl (C=O) groups is 1. The number of hydrogen-bond acceptors (Lipinski definition) is 3. The van der Waals surface area contributed by atoms with Crippen LogP contribution < -0.4 is 10.6 Å². The molecule has 0 aliphatic carbocycles. The summed E-state index contributed by atoms with van der Waals surface area (Å²) in [7, 11) is 1.90. The van der Waals surface area contributed by atoms with Crippen molar-refractivity contribution in [2.24, 2.45) is 7.05 Å². The van der Waals surface area contributed by atoms with Gasteiger partial charge in [-0.1, -0.05) is 30.3 Å². The molecule has 3 aromatic rings. The van der Waals surface area contributed by atoms with Crippen LogP contribution >= 0.6 is 0 Å². The molecule has 3 rings (SSSR count). The number of hydrogen-bond donors (Lipinski definition) is 2. The fourth-order valence-electron chi connectivity index (χ4n) is 2.55. The maximum Gasteiger partial charge on any atom is 0.315 e. The molecule has 0 saturated heterocycles. The highest BCUT2D eigenvalue weighted by atomic mass is 16.2. The van der Waals surface area contributed by atoms with Gasteiger partial charge in [-0.3, -0.25) is 4.98 Å². The van der Waals surface area contributed by atoms with E-state index in [1.807, 2.05) is 67.3 Å². The maximum absolute atomic E-state index is 12.1. The van der Waals surface area contributed by atoms with E-state index >= 15 is 0 Å². The Labute approximate surface area is 146 Å². The van der Waals surface area contributed by atoms with Crippen LogP contribution in [0, 0.1) is 0 Å². The minimum Gasteiger partial charge on any atom is -0.337 e. The van der Waals surface area contributed by atoms with Crippen molar-refractivity contribution in [3.63, 3.8) is 0 Å². The van der Waals surface area contributed by atoms with Crippen LogP contribution in [0.1, 0.15) is 24.4 Å². The monoisotopic (exact) mass is 335 g/mol. The van der Waals surface area contributed by atoms with E-state index in [0.29, 0.717) is 6.54 Å². The molecule has 0 aliphatic heterocycles. The highest BCUT2D eigenvalue weighted by Crippen LogP contribution is 2.21. The number of imidazole rings is 1. The molecule has 128 valence electrons. The summed E-state index contributed by atoms with van der Waals surface area (Å²) in [6.07, 6.45) is 7.15. The third kappa shape index (κ3) is 4.23. The maximum atomic E-state index is 12.1. The van der Waals surface area contributed by atoms with Gasteiger partial charge in [0.1, 0.15) is 5.82 Å². The smallest absolute Gasteiger partial charge is 0.315 e. The van der Waals surface area contributed by atoms with E-state index in [2.05, 4.69) is 20.6 Å². The molecule has 1 atom stereocenters. The second-order valence-electron chi connectivity index (χ2n) is 5.87. The van der Waals surface area contributed by atoms with E-state index in [4.69, 9.17) is 0 Å². The molecule has 6 nitrogen and oxygen atoms in total. The van der Waals surface area contributed by atoms with Crippen LogP contribution in [0.2, 0.25) is 0 Å². The SMILES string of the molecule is C[C@@H](NC(=O)NCc1nccn1C)c1ccc(-c2cccnc2)cc1. The number of rotatable bonds is 5. The Hall–Kier alpha value is -3.15. The number of pyridine rings is 1. The summed E-state index contributed by atoms with van der Waals surface area (Å²) in [5.74, 6) is 0.809. The van der Waals surface area contributed by atoms with E-state index in [9.17, 15) is 4.79 Å². The number of benzene rings is 1. The molecular weight excluding hydrogens is 314 g/mol. The van der Waals surface area contributed by atoms with Gasteiger partial charge in [-0.15, -0.1) is 0 Å². The first kappa shape index (κ1) is 16.7. The van der Waals surface area contributed by atoms with Crippen LogP contribution in [0.5, 0.6) is 0 Å². The largest absolute Gasteiger partial charge is 0.337 e. The Morgan fingerprint density at radius 2 is 1.96 bits per heavy atom. The first-order valence-corrected chi connectivity index (χ1v) is 8.14. The predicted octanol–water partition coefficient (Wildman–Crippen LogP) is 3.04. The second kappa shape index (κ2) is 7.61. The van der Waals surface area contributed by atoms with E-state index in [-0.39, 0.29) is 12.1 Å². The Bertz CT molecular complexity index is 827. The topological polar surface area (TPSA) is 71.8 Å². The molecule has 2 aromatic heterocycles. The minimum atomic E-state index is -0.216. The third-order valence-corrected chi connectivity index (χ3v) is 4.08. The first-order valence-electron chi connectivity index (χ1n) is 8.14. The van der Waals surface area contributed by atoms with E-state index in [1.165, 1.54) is 0 Å². The van der Waals surface area contributed by atoms with Crippen molar-refractivity contribution in [3.05, 3.63) is 72.6 Å². The molecule has 25 heavy (non-hydrogen) atoms. The summed E-state index contributed by atoms with van der Waals surface area (Å²) >= 11 is 0. The minimum absolute atomic E-state index is 0.0932. The fourth-order valence-corrected chi connectivity index (χ4v) is 2.55. The molecule has 6 heteroatoms. The number of amides is 2.